The van der Waals surface area contributed by atoms with Gasteiger partial charge in [-0.05, 0) is 145 Å². The number of likely N-dealkylation sites (N-methyl/N-ethyl adjacent to an activating group) is 6. The minimum atomic E-state index is -5.22. The highest BCUT2D eigenvalue weighted by Crippen LogP contribution is 2.50. The van der Waals surface area contributed by atoms with Crippen molar-refractivity contribution >= 4 is 70.9 Å². The predicted molar refractivity (Wildman–Crippen MR) is 399 cm³/mol. The summed E-state index contributed by atoms with van der Waals surface area (Å²) in [7, 11) is 8.13. The van der Waals surface area contributed by atoms with E-state index < -0.39 is 235 Å². The van der Waals surface area contributed by atoms with Gasteiger partial charge in [-0.1, -0.05) is 73.6 Å². The fraction of sp³-hybridized carbons (Fsp3) is 0.848. The molecular weight excluding hydrogens is 1490 g/mol. The van der Waals surface area contributed by atoms with Gasteiger partial charge in [-0.25, -0.2) is 8.78 Å². The molecule has 640 valence electrons. The Bertz CT molecular complexity index is 3350. The Hall–Kier alpha value is -7.00. The molecule has 12 amide bonds. The summed E-state index contributed by atoms with van der Waals surface area (Å²) in [6, 6.07) is -11.4. The third-order valence-corrected chi connectivity index (χ3v) is 25.5. The molecule has 12 atom stereocenters. The van der Waals surface area contributed by atoms with Crippen LogP contribution in [0.15, 0.2) is 0 Å². The van der Waals surface area contributed by atoms with Crippen molar-refractivity contribution in [3.63, 3.8) is 0 Å². The van der Waals surface area contributed by atoms with E-state index in [1.54, 1.807) is 20.8 Å². The SMILES string of the molecule is CCO[C@@H]1C[C@H]2C(=O)NC3(CC(C)(C)C3)C(=O)N(C)[C@@H](C3CCCC3)C(=O)N(C)[C@H](C(=O)N3CCOCC3)CC(=O)N(C)[C@@H](CC(C)C)C(=O)N[C@@H]([C@@H](C)CC)C(=O)N(C)CC(=O)N(C)[C@H]3CCCCCN(C3=O)[C@@H](CC3CCC(C(F)(F)F)CC3)C(=O)N(C)CC(=O)N[C@@H](CCC3CC(F)C(C(F)(F)F)C(F)C3)C(=O)N2C1. The molecule has 0 aromatic carbocycles. The van der Waals surface area contributed by atoms with E-state index in [0.717, 1.165) is 19.6 Å². The summed E-state index contributed by atoms with van der Waals surface area (Å²) >= 11 is 0. The van der Waals surface area contributed by atoms with E-state index >= 15 is 51.9 Å². The quantitative estimate of drug-likeness (QED) is 0.157. The summed E-state index contributed by atoms with van der Waals surface area (Å²) in [5.74, 6) is -16.9. The van der Waals surface area contributed by atoms with Crippen molar-refractivity contribution in [3.05, 3.63) is 0 Å². The van der Waals surface area contributed by atoms with Crippen LogP contribution in [-0.4, -0.2) is 301 Å². The van der Waals surface area contributed by atoms with Crippen molar-refractivity contribution in [2.24, 2.45) is 46.8 Å². The maximum atomic E-state index is 15.9. The number of amides is 12. The molecule has 3 N–H and O–H groups in total. The summed E-state index contributed by atoms with van der Waals surface area (Å²) in [5, 5.41) is 8.54. The van der Waals surface area contributed by atoms with Crippen molar-refractivity contribution < 1.29 is 102 Å². The fourth-order valence-electron chi connectivity index (χ4n) is 19.0. The normalized spacial score (nSPS) is 32.3. The minimum Gasteiger partial charge on any atom is -0.378 e. The number of halogens is 8. The van der Waals surface area contributed by atoms with E-state index in [0.29, 0.717) is 51.4 Å². The first-order valence-electron chi connectivity index (χ1n) is 40.9. The van der Waals surface area contributed by atoms with Gasteiger partial charge in [0.25, 0.3) is 0 Å². The molecule has 2 unspecified atom stereocenters. The fourth-order valence-corrected chi connectivity index (χ4v) is 19.0. The number of nitrogens with one attached hydrogen (secondary N) is 3. The number of ether oxygens (including phenoxy) is 2. The Morgan fingerprint density at radius 2 is 1.21 bits per heavy atom. The van der Waals surface area contributed by atoms with Gasteiger partial charge in [0, 0.05) is 81.5 Å². The first kappa shape index (κ1) is 91.5. The van der Waals surface area contributed by atoms with Gasteiger partial charge in [0.1, 0.15) is 72.1 Å². The molecule has 26 nitrogen and oxygen atoms in total. The summed E-state index contributed by atoms with van der Waals surface area (Å²) in [5.41, 5.74) is -2.38. The number of alkyl halides is 8. The molecule has 0 aromatic heterocycles. The Morgan fingerprint density at radius 3 is 1.79 bits per heavy atom. The Labute approximate surface area is 659 Å². The van der Waals surface area contributed by atoms with Crippen LogP contribution in [0.4, 0.5) is 35.1 Å². The Kier molecular flexibility index (Phi) is 31.5. The lowest BCUT2D eigenvalue weighted by Gasteiger charge is -2.54. The topological polar surface area (TPSA) is 289 Å². The molecule has 113 heavy (non-hydrogen) atoms. The monoisotopic (exact) mass is 1620 g/mol. The molecule has 34 heteroatoms. The minimum absolute atomic E-state index is 0.00560. The van der Waals surface area contributed by atoms with Crippen LogP contribution in [0.5, 0.6) is 0 Å². The summed E-state index contributed by atoms with van der Waals surface area (Å²) in [4.78, 5) is 195. The van der Waals surface area contributed by atoms with Gasteiger partial charge >= 0.3 is 12.4 Å². The second-order valence-electron chi connectivity index (χ2n) is 34.9. The van der Waals surface area contributed by atoms with Gasteiger partial charge in [0.05, 0.1) is 44.7 Å². The molecule has 8 aliphatic rings. The van der Waals surface area contributed by atoms with Crippen molar-refractivity contribution in [2.45, 2.75) is 281 Å². The van der Waals surface area contributed by atoms with E-state index in [4.69, 9.17) is 9.47 Å². The smallest absolute Gasteiger partial charge is 0.378 e. The summed E-state index contributed by atoms with van der Waals surface area (Å²) in [6.07, 6.45) is -15.9. The molecule has 4 saturated heterocycles. The second-order valence-corrected chi connectivity index (χ2v) is 34.9. The van der Waals surface area contributed by atoms with Crippen LogP contribution >= 0.6 is 0 Å². The number of nitrogens with zero attached hydrogens (tertiary/aromatic N) is 9. The summed E-state index contributed by atoms with van der Waals surface area (Å²) < 4.78 is 127. The van der Waals surface area contributed by atoms with Crippen LogP contribution in [0, 0.1) is 46.8 Å². The van der Waals surface area contributed by atoms with Crippen LogP contribution in [0.1, 0.15) is 196 Å². The number of fused-ring (bicyclic) bond motifs is 3. The zero-order chi connectivity index (χ0) is 83.7. The molecule has 4 heterocycles. The maximum absolute atomic E-state index is 15.9. The third-order valence-electron chi connectivity index (χ3n) is 25.5. The molecule has 0 radical (unpaired) electrons. The molecule has 2 bridgehead atoms. The van der Waals surface area contributed by atoms with Crippen LogP contribution in [0.2, 0.25) is 0 Å². The zero-order valence-corrected chi connectivity index (χ0v) is 68.3. The van der Waals surface area contributed by atoms with Crippen LogP contribution in [0.3, 0.4) is 0 Å². The highest BCUT2D eigenvalue weighted by atomic mass is 19.4. The Morgan fingerprint density at radius 1 is 0.602 bits per heavy atom. The lowest BCUT2D eigenvalue weighted by molar-refractivity contribution is -0.219. The molecule has 8 rings (SSSR count). The molecule has 8 fully saturated rings. The molecular formula is C79H124F8N12O14. The molecule has 4 saturated carbocycles. The van der Waals surface area contributed by atoms with Gasteiger partial charge in [-0.3, -0.25) is 57.5 Å². The first-order chi connectivity index (χ1) is 52.9. The lowest BCUT2D eigenvalue weighted by atomic mass is 9.58. The standard InChI is InChI=1S/C79H124F8N12O14/c1-14-47(5)65-73(109)92(9)43-63(102)93(10)56-23-17-16-20-30-98(72(56)108)60(38-48-24-27-51(28-25-48)78(82,83)84)70(106)91(8)42-61(100)88-55(29-26-49-36-53(80)64(54(81)37-49)79(85,86)87)69(105)99-41-52(113-15-2)39-58(99)68(104)90-77(44-76(6,7)45-77)75(111)96(13)66(50-21-18-19-22-50)74(110)95(12)59(71(107)97-31-33-112-34-32-97)40-62(101)94(11)57(35-46(3)4)67(103)89-65/h46-60,64-66H,14-45H2,1-13H3,(H,88,100)(H,89,103)(H,90,104)/t47-,48?,49?,51?,52+,53?,54?,55-,56-,57-,58-,59-,60-,64?,65-,66-/m0/s1. The van der Waals surface area contributed by atoms with Crippen LogP contribution in [0.25, 0.3) is 0 Å². The van der Waals surface area contributed by atoms with Gasteiger partial charge < -0.3 is 69.5 Å². The second kappa shape index (κ2) is 38.8. The molecule has 4 aliphatic heterocycles. The van der Waals surface area contributed by atoms with Crippen LogP contribution < -0.4 is 16.0 Å². The average molecular weight is 1620 g/mol. The number of morpholine rings is 1. The van der Waals surface area contributed by atoms with E-state index in [2.05, 4.69) is 16.0 Å². The van der Waals surface area contributed by atoms with E-state index in [1.165, 1.54) is 66.8 Å². The van der Waals surface area contributed by atoms with Gasteiger partial charge in [0.15, 0.2) is 0 Å². The highest BCUT2D eigenvalue weighted by Gasteiger charge is 2.60. The zero-order valence-electron chi connectivity index (χ0n) is 68.3. The third kappa shape index (κ3) is 22.4. The number of carbonyl (C=O) groups is 12. The molecule has 0 aromatic rings. The van der Waals surface area contributed by atoms with Crippen molar-refractivity contribution in [1.82, 2.24) is 60.0 Å². The Balaban J connectivity index is 1.23. The molecule has 1 spiro atoms. The van der Waals surface area contributed by atoms with Crippen molar-refractivity contribution in [3.8, 4) is 0 Å². The largest absolute Gasteiger partial charge is 0.397 e. The number of carbonyl (C=O) groups excluding carboxylic acids is 12. The number of hydrogen-bond donors (Lipinski definition) is 3. The lowest BCUT2D eigenvalue weighted by Crippen LogP contribution is -2.71. The highest BCUT2D eigenvalue weighted by molar-refractivity contribution is 6.01. The van der Waals surface area contributed by atoms with E-state index in [9.17, 15) is 40.7 Å². The van der Waals surface area contributed by atoms with Gasteiger partial charge in [0.2, 0.25) is 70.9 Å². The van der Waals surface area contributed by atoms with Gasteiger partial charge in [-0.2, -0.15) is 26.3 Å². The average Bonchev–Trinajstić information content (AvgIpc) is 1.42. The van der Waals surface area contributed by atoms with E-state index in [-0.39, 0.29) is 123 Å². The van der Waals surface area contributed by atoms with Crippen molar-refractivity contribution in [1.29, 1.82) is 0 Å². The number of hydrogen-bond acceptors (Lipinski definition) is 14. The summed E-state index contributed by atoms with van der Waals surface area (Å²) in [6.45, 7) is 11.2. The van der Waals surface area contributed by atoms with Crippen LogP contribution in [-0.2, 0) is 67.0 Å². The number of rotatable bonds is 13. The van der Waals surface area contributed by atoms with Crippen molar-refractivity contribution in [2.75, 3.05) is 101 Å². The van der Waals surface area contributed by atoms with Gasteiger partial charge in [-0.15, -0.1) is 0 Å². The first-order valence-corrected chi connectivity index (χ1v) is 40.9. The van der Waals surface area contributed by atoms with E-state index in [1.807, 2.05) is 27.7 Å². The maximum Gasteiger partial charge on any atom is 0.397 e. The molecule has 4 aliphatic carbocycles. The predicted octanol–water partition coefficient (Wildman–Crippen LogP) is 6.98.